The zero-order valence-electron chi connectivity index (χ0n) is 15.2. The summed E-state index contributed by atoms with van der Waals surface area (Å²) in [4.78, 5) is 7.12. The first-order valence-electron chi connectivity index (χ1n) is 8.49. The fraction of sp³-hybridized carbons (Fsp3) is 0.611. The summed E-state index contributed by atoms with van der Waals surface area (Å²) < 4.78 is 10.9. The normalized spacial score (nSPS) is 14.3. The quantitative estimate of drug-likeness (QED) is 0.465. The highest BCUT2D eigenvalue weighted by atomic mass is 32.2. The molecule has 1 aromatic rings. The van der Waals surface area contributed by atoms with E-state index in [1.54, 1.807) is 14.2 Å². The highest BCUT2D eigenvalue weighted by Crippen LogP contribution is 2.33. The number of fused-ring (bicyclic) bond motifs is 1. The molecule has 0 saturated carbocycles. The van der Waals surface area contributed by atoms with Gasteiger partial charge in [0.25, 0.3) is 0 Å². The number of methoxy groups -OCH3 is 2. The number of guanidine groups is 1. The van der Waals surface area contributed by atoms with Crippen molar-refractivity contribution in [2.45, 2.75) is 26.3 Å². The number of aliphatic imine (C=N–C) groups is 1. The van der Waals surface area contributed by atoms with Crippen molar-refractivity contribution in [3.63, 3.8) is 0 Å². The smallest absolute Gasteiger partial charge is 0.194 e. The molecule has 0 amide bonds. The monoisotopic (exact) mass is 351 g/mol. The van der Waals surface area contributed by atoms with Gasteiger partial charge in [-0.3, -0.25) is 4.99 Å². The van der Waals surface area contributed by atoms with E-state index in [0.717, 1.165) is 62.2 Å². The van der Waals surface area contributed by atoms with Crippen molar-refractivity contribution in [1.29, 1.82) is 0 Å². The Morgan fingerprint density at radius 3 is 2.58 bits per heavy atom. The molecule has 1 heterocycles. The minimum atomic E-state index is 0.792. The lowest BCUT2D eigenvalue weighted by molar-refractivity contribution is 0.346. The Bertz CT molecular complexity index is 563. The summed E-state index contributed by atoms with van der Waals surface area (Å²) >= 11 is 1.87. The van der Waals surface area contributed by atoms with E-state index in [1.165, 1.54) is 11.1 Å². The van der Waals surface area contributed by atoms with E-state index in [0.29, 0.717) is 0 Å². The summed E-state index contributed by atoms with van der Waals surface area (Å²) in [5, 5.41) is 3.42. The molecule has 1 aliphatic heterocycles. The lowest BCUT2D eigenvalue weighted by Gasteiger charge is -2.32. The molecule has 0 atom stereocenters. The minimum Gasteiger partial charge on any atom is -0.493 e. The van der Waals surface area contributed by atoms with Crippen LogP contribution in [0.25, 0.3) is 0 Å². The first kappa shape index (κ1) is 18.8. The van der Waals surface area contributed by atoms with Gasteiger partial charge in [-0.1, -0.05) is 0 Å². The Hall–Kier alpha value is -1.56. The average Bonchev–Trinajstić information content (AvgIpc) is 2.62. The summed E-state index contributed by atoms with van der Waals surface area (Å²) in [7, 11) is 3.37. The molecule has 0 fully saturated rings. The standard InChI is InChI=1S/C18H29N3O2S/c1-5-19-18(20-8-6-10-24-4)21-9-7-14-11-16(22-2)17(23-3)12-15(14)13-21/h11-12H,5-10,13H2,1-4H3,(H,19,20). The van der Waals surface area contributed by atoms with Gasteiger partial charge in [0.1, 0.15) is 0 Å². The maximum absolute atomic E-state index is 5.45. The number of nitrogens with one attached hydrogen (secondary N) is 1. The largest absolute Gasteiger partial charge is 0.493 e. The van der Waals surface area contributed by atoms with Crippen molar-refractivity contribution in [3.05, 3.63) is 23.3 Å². The highest BCUT2D eigenvalue weighted by molar-refractivity contribution is 7.98. The molecular formula is C18H29N3O2S. The third-order valence-electron chi connectivity index (χ3n) is 4.12. The van der Waals surface area contributed by atoms with E-state index in [-0.39, 0.29) is 0 Å². The Balaban J connectivity index is 2.13. The Morgan fingerprint density at radius 2 is 1.96 bits per heavy atom. The van der Waals surface area contributed by atoms with Gasteiger partial charge in [0.05, 0.1) is 14.2 Å². The molecular weight excluding hydrogens is 322 g/mol. The summed E-state index contributed by atoms with van der Waals surface area (Å²) in [6.45, 7) is 5.69. The van der Waals surface area contributed by atoms with Crippen LogP contribution in [0.1, 0.15) is 24.5 Å². The first-order valence-corrected chi connectivity index (χ1v) is 9.88. The van der Waals surface area contributed by atoms with Gasteiger partial charge in [0.15, 0.2) is 17.5 Å². The van der Waals surface area contributed by atoms with E-state index >= 15 is 0 Å². The number of benzene rings is 1. The lowest BCUT2D eigenvalue weighted by Crippen LogP contribution is -2.44. The van der Waals surface area contributed by atoms with Crippen molar-refractivity contribution in [2.75, 3.05) is 45.9 Å². The molecule has 5 nitrogen and oxygen atoms in total. The van der Waals surface area contributed by atoms with Gasteiger partial charge in [-0.05, 0) is 55.0 Å². The van der Waals surface area contributed by atoms with Crippen molar-refractivity contribution in [3.8, 4) is 11.5 Å². The third-order valence-corrected chi connectivity index (χ3v) is 4.82. The van der Waals surface area contributed by atoms with Crippen LogP contribution in [-0.2, 0) is 13.0 Å². The van der Waals surface area contributed by atoms with Crippen LogP contribution < -0.4 is 14.8 Å². The van der Waals surface area contributed by atoms with Crippen LogP contribution in [0.3, 0.4) is 0 Å². The number of hydrogen-bond acceptors (Lipinski definition) is 4. The zero-order chi connectivity index (χ0) is 17.4. The van der Waals surface area contributed by atoms with Gasteiger partial charge in [-0.15, -0.1) is 0 Å². The molecule has 2 rings (SSSR count). The van der Waals surface area contributed by atoms with Crippen LogP contribution in [-0.4, -0.2) is 56.7 Å². The number of nitrogens with zero attached hydrogens (tertiary/aromatic N) is 2. The maximum Gasteiger partial charge on any atom is 0.194 e. The molecule has 0 bridgehead atoms. The van der Waals surface area contributed by atoms with E-state index in [4.69, 9.17) is 14.5 Å². The Morgan fingerprint density at radius 1 is 1.25 bits per heavy atom. The second kappa shape index (κ2) is 9.67. The Kier molecular flexibility index (Phi) is 7.56. The molecule has 24 heavy (non-hydrogen) atoms. The van der Waals surface area contributed by atoms with Gasteiger partial charge >= 0.3 is 0 Å². The molecule has 0 radical (unpaired) electrons. The molecule has 0 saturated heterocycles. The van der Waals surface area contributed by atoms with Crippen LogP contribution in [0.2, 0.25) is 0 Å². The molecule has 0 spiro atoms. The molecule has 0 aliphatic carbocycles. The molecule has 0 aromatic heterocycles. The van der Waals surface area contributed by atoms with Crippen LogP contribution >= 0.6 is 11.8 Å². The van der Waals surface area contributed by atoms with Gasteiger partial charge in [0.2, 0.25) is 0 Å². The molecule has 1 aromatic carbocycles. The zero-order valence-corrected chi connectivity index (χ0v) is 16.0. The topological polar surface area (TPSA) is 46.1 Å². The number of hydrogen-bond donors (Lipinski definition) is 1. The van der Waals surface area contributed by atoms with Crippen LogP contribution in [0.15, 0.2) is 17.1 Å². The highest BCUT2D eigenvalue weighted by Gasteiger charge is 2.21. The Labute approximate surface area is 149 Å². The number of thioether (sulfide) groups is 1. The fourth-order valence-corrected chi connectivity index (χ4v) is 3.30. The summed E-state index contributed by atoms with van der Waals surface area (Å²) in [5.41, 5.74) is 2.62. The van der Waals surface area contributed by atoms with Crippen LogP contribution in [0.4, 0.5) is 0 Å². The van der Waals surface area contributed by atoms with Gasteiger partial charge in [0, 0.05) is 26.2 Å². The van der Waals surface area contributed by atoms with Crippen LogP contribution in [0, 0.1) is 0 Å². The van der Waals surface area contributed by atoms with E-state index in [2.05, 4.69) is 35.5 Å². The molecule has 0 unspecified atom stereocenters. The van der Waals surface area contributed by atoms with Crippen LogP contribution in [0.5, 0.6) is 11.5 Å². The lowest BCUT2D eigenvalue weighted by atomic mass is 9.99. The van der Waals surface area contributed by atoms with E-state index in [9.17, 15) is 0 Å². The summed E-state index contributed by atoms with van der Waals surface area (Å²) in [6, 6.07) is 4.20. The van der Waals surface area contributed by atoms with E-state index in [1.807, 2.05) is 11.8 Å². The fourth-order valence-electron chi connectivity index (χ4n) is 2.88. The van der Waals surface area contributed by atoms with Gasteiger partial charge < -0.3 is 19.7 Å². The number of ether oxygens (including phenoxy) is 2. The maximum atomic E-state index is 5.45. The van der Waals surface area contributed by atoms with Gasteiger partial charge in [-0.2, -0.15) is 11.8 Å². The van der Waals surface area contributed by atoms with Crippen molar-refractivity contribution in [1.82, 2.24) is 10.2 Å². The molecule has 1 aliphatic rings. The summed E-state index contributed by atoms with van der Waals surface area (Å²) in [6.07, 6.45) is 4.24. The third kappa shape index (κ3) is 4.72. The second-order valence-electron chi connectivity index (χ2n) is 5.73. The minimum absolute atomic E-state index is 0.792. The molecule has 1 N–H and O–H groups in total. The predicted octanol–water partition coefficient (Wildman–Crippen LogP) is 2.78. The first-order chi connectivity index (χ1) is 11.7. The van der Waals surface area contributed by atoms with Gasteiger partial charge in [-0.25, -0.2) is 0 Å². The molecule has 6 heteroatoms. The van der Waals surface area contributed by atoms with Crippen molar-refractivity contribution < 1.29 is 9.47 Å². The summed E-state index contributed by atoms with van der Waals surface area (Å²) in [5.74, 6) is 3.77. The second-order valence-corrected chi connectivity index (χ2v) is 6.72. The molecule has 134 valence electrons. The average molecular weight is 352 g/mol. The SMILES string of the molecule is CCNC(=NCCCSC)N1CCc2cc(OC)c(OC)cc2C1. The predicted molar refractivity (Wildman–Crippen MR) is 103 cm³/mol. The van der Waals surface area contributed by atoms with E-state index < -0.39 is 0 Å². The van der Waals surface area contributed by atoms with Crippen molar-refractivity contribution >= 4 is 17.7 Å². The number of rotatable bonds is 7. The van der Waals surface area contributed by atoms with Crippen molar-refractivity contribution in [2.24, 2.45) is 4.99 Å².